The second-order valence-corrected chi connectivity index (χ2v) is 4.50. The molecule has 2 aromatic rings. The Morgan fingerprint density at radius 2 is 2.09 bits per heavy atom. The minimum Gasteiger partial charge on any atom is -0.349 e. The lowest BCUT2D eigenvalue weighted by atomic mass is 10.3. The van der Waals surface area contributed by atoms with Crippen molar-refractivity contribution in [3.8, 4) is 5.69 Å². The molecule has 0 fully saturated rings. The van der Waals surface area contributed by atoms with Crippen LogP contribution in [-0.2, 0) is 0 Å². The first kappa shape index (κ1) is 15.6. The number of carbonyl (C=O) groups is 1. The highest BCUT2D eigenvalue weighted by atomic mass is 16.6. The van der Waals surface area contributed by atoms with Crippen LogP contribution >= 0.6 is 0 Å². The summed E-state index contributed by atoms with van der Waals surface area (Å²) in [7, 11) is 0. The molecule has 1 aromatic carbocycles. The molecule has 22 heavy (non-hydrogen) atoms. The fourth-order valence-corrected chi connectivity index (χ4v) is 1.92. The van der Waals surface area contributed by atoms with Gasteiger partial charge in [0, 0.05) is 25.4 Å². The maximum absolute atomic E-state index is 11.9. The summed E-state index contributed by atoms with van der Waals surface area (Å²) in [5, 5.41) is 20.9. The molecule has 0 saturated heterocycles. The molecule has 0 atom stereocenters. The van der Waals surface area contributed by atoms with E-state index in [-0.39, 0.29) is 17.3 Å². The Morgan fingerprint density at radius 3 is 2.82 bits per heavy atom. The van der Waals surface area contributed by atoms with Crippen molar-refractivity contribution < 1.29 is 9.72 Å². The van der Waals surface area contributed by atoms with E-state index in [0.717, 1.165) is 6.54 Å². The fraction of sp³-hybridized carbons (Fsp3) is 0.286. The molecule has 0 bridgehead atoms. The van der Waals surface area contributed by atoms with Gasteiger partial charge in [-0.2, -0.15) is 5.10 Å². The lowest BCUT2D eigenvalue weighted by Gasteiger charge is -2.04. The number of benzene rings is 1. The van der Waals surface area contributed by atoms with Crippen molar-refractivity contribution in [1.29, 1.82) is 0 Å². The zero-order valence-corrected chi connectivity index (χ0v) is 12.2. The summed E-state index contributed by atoms with van der Waals surface area (Å²) < 4.78 is 1.33. The zero-order chi connectivity index (χ0) is 15.9. The van der Waals surface area contributed by atoms with Crippen LogP contribution in [0.25, 0.3) is 5.69 Å². The van der Waals surface area contributed by atoms with Gasteiger partial charge in [-0.1, -0.05) is 19.1 Å². The summed E-state index contributed by atoms with van der Waals surface area (Å²) in [6, 6.07) is 7.77. The SMILES string of the molecule is CCNCCNC(=O)c1ccn(-c2ccccc2[N+](=O)[O-])n1. The van der Waals surface area contributed by atoms with E-state index >= 15 is 0 Å². The molecule has 0 saturated carbocycles. The summed E-state index contributed by atoms with van der Waals surface area (Å²) in [5.74, 6) is -0.310. The molecule has 0 spiro atoms. The first-order chi connectivity index (χ1) is 10.6. The van der Waals surface area contributed by atoms with E-state index in [1.54, 1.807) is 18.2 Å². The van der Waals surface area contributed by atoms with E-state index < -0.39 is 4.92 Å². The van der Waals surface area contributed by atoms with Crippen molar-refractivity contribution in [1.82, 2.24) is 20.4 Å². The molecule has 8 heteroatoms. The van der Waals surface area contributed by atoms with Gasteiger partial charge in [0.05, 0.1) is 4.92 Å². The minimum atomic E-state index is -0.479. The summed E-state index contributed by atoms with van der Waals surface area (Å²) in [5.41, 5.74) is 0.471. The normalized spacial score (nSPS) is 10.4. The number of nitro benzene ring substituents is 1. The number of hydrogen-bond donors (Lipinski definition) is 2. The highest BCUT2D eigenvalue weighted by molar-refractivity contribution is 5.92. The van der Waals surface area contributed by atoms with Crippen LogP contribution in [0, 0.1) is 10.1 Å². The standard InChI is InChI=1S/C14H17N5O3/c1-2-15-8-9-16-14(20)11-7-10-18(17-11)12-5-3-4-6-13(12)19(21)22/h3-7,10,15H,2,8-9H2,1H3,(H,16,20). The summed E-state index contributed by atoms with van der Waals surface area (Å²) in [6.07, 6.45) is 1.53. The van der Waals surface area contributed by atoms with Gasteiger partial charge in [-0.25, -0.2) is 4.68 Å². The molecule has 2 N–H and O–H groups in total. The first-order valence-corrected chi connectivity index (χ1v) is 6.92. The topological polar surface area (TPSA) is 102 Å². The average Bonchev–Trinajstić information content (AvgIpc) is 3.01. The molecule has 0 radical (unpaired) electrons. The van der Waals surface area contributed by atoms with Gasteiger partial charge >= 0.3 is 0 Å². The van der Waals surface area contributed by atoms with Crippen molar-refractivity contribution in [2.24, 2.45) is 0 Å². The molecular weight excluding hydrogens is 286 g/mol. The number of carbonyl (C=O) groups excluding carboxylic acids is 1. The number of para-hydroxylation sites is 2. The van der Waals surface area contributed by atoms with Crippen LogP contribution in [-0.4, -0.2) is 40.2 Å². The molecule has 1 heterocycles. The molecule has 116 valence electrons. The zero-order valence-electron chi connectivity index (χ0n) is 12.2. The van der Waals surface area contributed by atoms with Crippen LogP contribution in [0.1, 0.15) is 17.4 Å². The van der Waals surface area contributed by atoms with Crippen molar-refractivity contribution in [3.63, 3.8) is 0 Å². The average molecular weight is 303 g/mol. The quantitative estimate of drug-likeness (QED) is 0.453. The van der Waals surface area contributed by atoms with Gasteiger partial charge in [-0.05, 0) is 18.7 Å². The van der Waals surface area contributed by atoms with Crippen LogP contribution < -0.4 is 10.6 Å². The lowest BCUT2D eigenvalue weighted by Crippen LogP contribution is -2.32. The van der Waals surface area contributed by atoms with Crippen LogP contribution in [0.2, 0.25) is 0 Å². The van der Waals surface area contributed by atoms with E-state index in [9.17, 15) is 14.9 Å². The van der Waals surface area contributed by atoms with Crippen molar-refractivity contribution >= 4 is 11.6 Å². The van der Waals surface area contributed by atoms with Crippen molar-refractivity contribution in [2.75, 3.05) is 19.6 Å². The second-order valence-electron chi connectivity index (χ2n) is 4.50. The predicted octanol–water partition coefficient (Wildman–Crippen LogP) is 1.12. The molecule has 8 nitrogen and oxygen atoms in total. The van der Waals surface area contributed by atoms with Gasteiger partial charge in [0.1, 0.15) is 5.69 Å². The number of amides is 1. The van der Waals surface area contributed by atoms with E-state index in [2.05, 4.69) is 15.7 Å². The molecule has 0 aliphatic heterocycles. The highest BCUT2D eigenvalue weighted by Gasteiger charge is 2.16. The number of rotatable bonds is 7. The predicted molar refractivity (Wildman–Crippen MR) is 81.1 cm³/mol. The molecular formula is C14H17N5O3. The first-order valence-electron chi connectivity index (χ1n) is 6.92. The van der Waals surface area contributed by atoms with Gasteiger partial charge in [-0.3, -0.25) is 14.9 Å². The largest absolute Gasteiger partial charge is 0.349 e. The van der Waals surface area contributed by atoms with E-state index in [1.165, 1.54) is 23.0 Å². The smallest absolute Gasteiger partial charge is 0.294 e. The Hall–Kier alpha value is -2.74. The minimum absolute atomic E-state index is 0.0651. The number of nitrogens with one attached hydrogen (secondary N) is 2. The monoisotopic (exact) mass is 303 g/mol. The van der Waals surface area contributed by atoms with E-state index in [0.29, 0.717) is 18.8 Å². The third-order valence-electron chi connectivity index (χ3n) is 2.98. The summed E-state index contributed by atoms with van der Waals surface area (Å²) >= 11 is 0. The molecule has 1 amide bonds. The number of nitro groups is 1. The number of likely N-dealkylation sites (N-methyl/N-ethyl adjacent to an activating group) is 1. The Labute approximate surface area is 127 Å². The Morgan fingerprint density at radius 1 is 1.32 bits per heavy atom. The van der Waals surface area contributed by atoms with Gasteiger partial charge in [-0.15, -0.1) is 0 Å². The number of hydrogen-bond acceptors (Lipinski definition) is 5. The van der Waals surface area contributed by atoms with Crippen LogP contribution in [0.4, 0.5) is 5.69 Å². The Balaban J connectivity index is 2.12. The van der Waals surface area contributed by atoms with Crippen LogP contribution in [0.3, 0.4) is 0 Å². The molecule has 0 unspecified atom stereocenters. The lowest BCUT2D eigenvalue weighted by molar-refractivity contribution is -0.384. The van der Waals surface area contributed by atoms with Crippen LogP contribution in [0.5, 0.6) is 0 Å². The molecule has 2 rings (SSSR count). The highest BCUT2D eigenvalue weighted by Crippen LogP contribution is 2.21. The van der Waals surface area contributed by atoms with Gasteiger partial charge in [0.2, 0.25) is 0 Å². The third kappa shape index (κ3) is 3.67. The molecule has 1 aromatic heterocycles. The maximum atomic E-state index is 11.9. The van der Waals surface area contributed by atoms with E-state index in [1.807, 2.05) is 6.92 Å². The maximum Gasteiger partial charge on any atom is 0.294 e. The van der Waals surface area contributed by atoms with Crippen LogP contribution in [0.15, 0.2) is 36.5 Å². The fourth-order valence-electron chi connectivity index (χ4n) is 1.92. The second kappa shape index (κ2) is 7.32. The Kier molecular flexibility index (Phi) is 5.21. The molecule has 0 aliphatic rings. The van der Waals surface area contributed by atoms with E-state index in [4.69, 9.17) is 0 Å². The Bertz CT molecular complexity index is 668. The summed E-state index contributed by atoms with van der Waals surface area (Å²) in [6.45, 7) is 3.98. The number of aromatic nitrogens is 2. The van der Waals surface area contributed by atoms with Gasteiger partial charge in [0.15, 0.2) is 5.69 Å². The third-order valence-corrected chi connectivity index (χ3v) is 2.98. The molecule has 0 aliphatic carbocycles. The number of nitrogens with zero attached hydrogens (tertiary/aromatic N) is 3. The van der Waals surface area contributed by atoms with Gasteiger partial charge in [0.25, 0.3) is 11.6 Å². The van der Waals surface area contributed by atoms with Crippen molar-refractivity contribution in [3.05, 3.63) is 52.3 Å². The summed E-state index contributed by atoms with van der Waals surface area (Å²) in [4.78, 5) is 22.5. The van der Waals surface area contributed by atoms with Gasteiger partial charge < -0.3 is 10.6 Å². The van der Waals surface area contributed by atoms with Crippen molar-refractivity contribution in [2.45, 2.75) is 6.92 Å².